The number of rotatable bonds is 6. The van der Waals surface area contributed by atoms with E-state index in [1.807, 2.05) is 12.4 Å². The highest BCUT2D eigenvalue weighted by molar-refractivity contribution is 5.66. The zero-order chi connectivity index (χ0) is 24.3. The molecule has 0 amide bonds. The maximum atomic E-state index is 12.6. The average Bonchev–Trinajstić information content (AvgIpc) is 2.81. The Balaban J connectivity index is 1.62. The summed E-state index contributed by atoms with van der Waals surface area (Å²) in [6.45, 7) is 8.81. The number of anilines is 1. The number of benzene rings is 2. The third-order valence-corrected chi connectivity index (χ3v) is 6.56. The van der Waals surface area contributed by atoms with E-state index in [2.05, 4.69) is 58.9 Å². The number of nitrogens with zero attached hydrogens (tertiary/aromatic N) is 2. The predicted octanol–water partition coefficient (Wildman–Crippen LogP) is 6.33. The molecule has 2 aromatic carbocycles. The van der Waals surface area contributed by atoms with E-state index in [0.717, 1.165) is 48.3 Å². The Labute approximate surface area is 198 Å². The molecular formula is C27H30F3N3O. The second kappa shape index (κ2) is 10.1. The lowest BCUT2D eigenvalue weighted by atomic mass is 9.96. The Hall–Kier alpha value is -3.06. The minimum atomic E-state index is -4.70. The lowest BCUT2D eigenvalue weighted by molar-refractivity contribution is -0.274. The molecule has 0 bridgehead atoms. The SMILES string of the molecule is Cc1cc(-c2cncc(CN(c3ccc(OC(F)(F)F)cc3)C3CCNCC3)c2)cc(C)c1C. The molecule has 3 aromatic rings. The molecule has 1 saturated heterocycles. The van der Waals surface area contributed by atoms with Gasteiger partial charge in [-0.25, -0.2) is 0 Å². The van der Waals surface area contributed by atoms with Gasteiger partial charge in [0.05, 0.1) is 0 Å². The minimum absolute atomic E-state index is 0.213. The van der Waals surface area contributed by atoms with Crippen LogP contribution in [0.15, 0.2) is 54.9 Å². The third kappa shape index (κ3) is 5.89. The molecule has 4 nitrogen and oxygen atoms in total. The highest BCUT2D eigenvalue weighted by atomic mass is 19.4. The van der Waals surface area contributed by atoms with Crippen LogP contribution in [-0.4, -0.2) is 30.5 Å². The van der Waals surface area contributed by atoms with Crippen LogP contribution in [0.2, 0.25) is 0 Å². The summed E-state index contributed by atoms with van der Waals surface area (Å²) in [5, 5.41) is 3.38. The maximum Gasteiger partial charge on any atom is 0.573 e. The molecule has 2 heterocycles. The van der Waals surface area contributed by atoms with E-state index in [9.17, 15) is 13.2 Å². The molecule has 1 aliphatic heterocycles. The number of aryl methyl sites for hydroxylation is 2. The first-order chi connectivity index (χ1) is 16.2. The summed E-state index contributed by atoms with van der Waals surface area (Å²) in [4.78, 5) is 6.77. The molecule has 0 spiro atoms. The van der Waals surface area contributed by atoms with Gasteiger partial charge in [0.2, 0.25) is 0 Å². The molecule has 0 radical (unpaired) electrons. The van der Waals surface area contributed by atoms with Crippen LogP contribution in [0.4, 0.5) is 18.9 Å². The maximum absolute atomic E-state index is 12.6. The monoisotopic (exact) mass is 469 g/mol. The van der Waals surface area contributed by atoms with Crippen molar-refractivity contribution < 1.29 is 17.9 Å². The molecule has 4 rings (SSSR count). The minimum Gasteiger partial charge on any atom is -0.406 e. The molecule has 1 aliphatic rings. The lowest BCUT2D eigenvalue weighted by Crippen LogP contribution is -2.43. The van der Waals surface area contributed by atoms with Gasteiger partial charge in [-0.2, -0.15) is 0 Å². The standard InChI is InChI=1S/C27H30F3N3O/c1-18-12-22(13-19(2)20(18)3)23-14-21(15-32-16-23)17-33(25-8-10-31-11-9-25)24-4-6-26(7-5-24)34-27(28,29)30/h4-7,12-16,25,31H,8-11,17H2,1-3H3. The number of aromatic nitrogens is 1. The molecule has 180 valence electrons. The van der Waals surface area contributed by atoms with Gasteiger partial charge in [-0.05, 0) is 105 Å². The van der Waals surface area contributed by atoms with Crippen LogP contribution in [0, 0.1) is 20.8 Å². The van der Waals surface area contributed by atoms with E-state index in [4.69, 9.17) is 0 Å². The first-order valence-electron chi connectivity index (χ1n) is 11.5. The number of alkyl halides is 3. The number of nitrogens with one attached hydrogen (secondary N) is 1. The largest absolute Gasteiger partial charge is 0.573 e. The molecule has 0 aliphatic carbocycles. The molecule has 0 unspecified atom stereocenters. The normalized spacial score (nSPS) is 14.8. The van der Waals surface area contributed by atoms with E-state index in [0.29, 0.717) is 6.54 Å². The molecule has 1 N–H and O–H groups in total. The van der Waals surface area contributed by atoms with E-state index in [1.54, 1.807) is 12.1 Å². The van der Waals surface area contributed by atoms with Gasteiger partial charge in [-0.1, -0.05) is 12.1 Å². The van der Waals surface area contributed by atoms with E-state index in [-0.39, 0.29) is 11.8 Å². The van der Waals surface area contributed by atoms with Crippen LogP contribution in [0.5, 0.6) is 5.75 Å². The zero-order valence-corrected chi connectivity index (χ0v) is 19.7. The van der Waals surface area contributed by atoms with Crippen molar-refractivity contribution in [1.82, 2.24) is 10.3 Å². The average molecular weight is 470 g/mol. The van der Waals surface area contributed by atoms with E-state index >= 15 is 0 Å². The van der Waals surface area contributed by atoms with Crippen LogP contribution in [0.25, 0.3) is 11.1 Å². The Kier molecular flexibility index (Phi) is 7.12. The van der Waals surface area contributed by atoms with Crippen molar-refractivity contribution >= 4 is 5.69 Å². The molecule has 1 aromatic heterocycles. The smallest absolute Gasteiger partial charge is 0.406 e. The van der Waals surface area contributed by atoms with Gasteiger partial charge >= 0.3 is 6.36 Å². The number of pyridine rings is 1. The van der Waals surface area contributed by atoms with Crippen LogP contribution in [0.1, 0.15) is 35.1 Å². The fourth-order valence-corrected chi connectivity index (χ4v) is 4.52. The fourth-order valence-electron chi connectivity index (χ4n) is 4.52. The van der Waals surface area contributed by atoms with Crippen molar-refractivity contribution in [1.29, 1.82) is 0 Å². The van der Waals surface area contributed by atoms with Crippen molar-refractivity contribution in [2.75, 3.05) is 18.0 Å². The van der Waals surface area contributed by atoms with Gasteiger partial charge in [0.1, 0.15) is 5.75 Å². The van der Waals surface area contributed by atoms with Gasteiger partial charge in [0.25, 0.3) is 0 Å². The molecule has 0 atom stereocenters. The molecular weight excluding hydrogens is 439 g/mol. The molecule has 1 fully saturated rings. The van der Waals surface area contributed by atoms with Crippen LogP contribution < -0.4 is 15.0 Å². The number of hydrogen-bond donors (Lipinski definition) is 1. The summed E-state index contributed by atoms with van der Waals surface area (Å²) in [6.07, 6.45) is 0.974. The fraction of sp³-hybridized carbons (Fsp3) is 0.370. The summed E-state index contributed by atoms with van der Waals surface area (Å²) >= 11 is 0. The summed E-state index contributed by atoms with van der Waals surface area (Å²) in [5.41, 5.74) is 7.91. The van der Waals surface area contributed by atoms with Gasteiger partial charge in [-0.15, -0.1) is 13.2 Å². The molecule has 34 heavy (non-hydrogen) atoms. The number of ether oxygens (including phenoxy) is 1. The highest BCUT2D eigenvalue weighted by Crippen LogP contribution is 2.30. The Morgan fingerprint density at radius 3 is 2.21 bits per heavy atom. The van der Waals surface area contributed by atoms with E-state index in [1.165, 1.54) is 28.8 Å². The summed E-state index contributed by atoms with van der Waals surface area (Å²) in [5.74, 6) is -0.213. The van der Waals surface area contributed by atoms with Gasteiger partial charge in [-0.3, -0.25) is 4.98 Å². The quantitative estimate of drug-likeness (QED) is 0.458. The highest BCUT2D eigenvalue weighted by Gasteiger charge is 2.31. The van der Waals surface area contributed by atoms with Crippen molar-refractivity contribution in [3.05, 3.63) is 77.1 Å². The predicted molar refractivity (Wildman–Crippen MR) is 129 cm³/mol. The van der Waals surface area contributed by atoms with Gasteiger partial charge < -0.3 is 15.0 Å². The van der Waals surface area contributed by atoms with E-state index < -0.39 is 6.36 Å². The lowest BCUT2D eigenvalue weighted by Gasteiger charge is -2.36. The first kappa shape index (κ1) is 24.1. The third-order valence-electron chi connectivity index (χ3n) is 6.56. The Bertz CT molecular complexity index is 1100. The van der Waals surface area contributed by atoms with Crippen molar-refractivity contribution in [3.63, 3.8) is 0 Å². The summed E-state index contributed by atoms with van der Waals surface area (Å²) in [6, 6.07) is 13.0. The zero-order valence-electron chi connectivity index (χ0n) is 19.7. The van der Waals surface area contributed by atoms with Crippen LogP contribution >= 0.6 is 0 Å². The molecule has 7 heteroatoms. The summed E-state index contributed by atoms with van der Waals surface area (Å²) in [7, 11) is 0. The second-order valence-corrected chi connectivity index (χ2v) is 8.97. The Morgan fingerprint density at radius 1 is 0.941 bits per heavy atom. The van der Waals surface area contributed by atoms with Crippen molar-refractivity contribution in [2.24, 2.45) is 0 Å². The number of piperidine rings is 1. The second-order valence-electron chi connectivity index (χ2n) is 8.97. The topological polar surface area (TPSA) is 37.4 Å². The Morgan fingerprint density at radius 2 is 1.59 bits per heavy atom. The first-order valence-corrected chi connectivity index (χ1v) is 11.5. The number of hydrogen-bond acceptors (Lipinski definition) is 4. The molecule has 0 saturated carbocycles. The van der Waals surface area contributed by atoms with Gasteiger partial charge in [0.15, 0.2) is 0 Å². The van der Waals surface area contributed by atoms with Crippen molar-refractivity contribution in [3.8, 4) is 16.9 Å². The van der Waals surface area contributed by atoms with Crippen LogP contribution in [-0.2, 0) is 6.54 Å². The van der Waals surface area contributed by atoms with Gasteiger partial charge in [0, 0.05) is 36.2 Å². The number of halogens is 3. The van der Waals surface area contributed by atoms with Crippen LogP contribution in [0.3, 0.4) is 0 Å². The van der Waals surface area contributed by atoms with Crippen molar-refractivity contribution in [2.45, 2.75) is 52.6 Å². The summed E-state index contributed by atoms with van der Waals surface area (Å²) < 4.78 is 41.8.